The number of hydrogen-bond acceptors (Lipinski definition) is 3. The molecule has 1 N–H and O–H groups in total. The maximum absolute atomic E-state index is 5.82. The standard InChI is InChI=1S/C14H20BrNO2/c1-4-18-13-11(17-3)7-6-10(15)12(13)14(2)8-5-9-16-14/h6-7,16H,4-5,8-9H2,1-3H3. The molecule has 0 amide bonds. The molecular formula is C14H20BrNO2. The van der Waals surface area contributed by atoms with Crippen molar-refractivity contribution in [3.8, 4) is 11.5 Å². The summed E-state index contributed by atoms with van der Waals surface area (Å²) >= 11 is 3.65. The summed E-state index contributed by atoms with van der Waals surface area (Å²) in [5.41, 5.74) is 1.12. The molecule has 1 aromatic rings. The summed E-state index contributed by atoms with van der Waals surface area (Å²) in [6.07, 6.45) is 2.30. The van der Waals surface area contributed by atoms with Crippen LogP contribution in [-0.2, 0) is 5.54 Å². The van der Waals surface area contributed by atoms with Gasteiger partial charge >= 0.3 is 0 Å². The first-order chi connectivity index (χ1) is 8.62. The van der Waals surface area contributed by atoms with Gasteiger partial charge in [-0.25, -0.2) is 0 Å². The van der Waals surface area contributed by atoms with Gasteiger partial charge in [-0.2, -0.15) is 0 Å². The molecule has 1 fully saturated rings. The van der Waals surface area contributed by atoms with Gasteiger partial charge < -0.3 is 14.8 Å². The smallest absolute Gasteiger partial charge is 0.167 e. The molecular weight excluding hydrogens is 294 g/mol. The lowest BCUT2D eigenvalue weighted by molar-refractivity contribution is 0.294. The van der Waals surface area contributed by atoms with E-state index in [1.165, 1.54) is 12.0 Å². The number of methoxy groups -OCH3 is 1. The average molecular weight is 314 g/mol. The summed E-state index contributed by atoms with van der Waals surface area (Å²) in [6.45, 7) is 5.90. The minimum atomic E-state index is -0.0438. The SMILES string of the molecule is CCOc1c(OC)ccc(Br)c1C1(C)CCCN1. The molecule has 2 rings (SSSR count). The Hall–Kier alpha value is -0.740. The molecule has 1 unspecified atom stereocenters. The van der Waals surface area contributed by atoms with Crippen LogP contribution >= 0.6 is 15.9 Å². The second-order valence-electron chi connectivity index (χ2n) is 4.75. The number of hydrogen-bond donors (Lipinski definition) is 1. The van der Waals surface area contributed by atoms with Gasteiger partial charge in [0.05, 0.1) is 13.7 Å². The lowest BCUT2D eigenvalue weighted by Gasteiger charge is -2.29. The van der Waals surface area contributed by atoms with Gasteiger partial charge in [-0.1, -0.05) is 15.9 Å². The van der Waals surface area contributed by atoms with Crippen LogP contribution in [0.15, 0.2) is 16.6 Å². The molecule has 1 aliphatic heterocycles. The first kappa shape index (κ1) is 13.7. The quantitative estimate of drug-likeness (QED) is 0.923. The van der Waals surface area contributed by atoms with Crippen LogP contribution in [0.2, 0.25) is 0 Å². The molecule has 3 nitrogen and oxygen atoms in total. The highest BCUT2D eigenvalue weighted by atomic mass is 79.9. The zero-order valence-electron chi connectivity index (χ0n) is 11.2. The molecule has 0 saturated carbocycles. The zero-order valence-corrected chi connectivity index (χ0v) is 12.8. The minimum absolute atomic E-state index is 0.0438. The number of halogens is 1. The Kier molecular flexibility index (Phi) is 4.17. The predicted octanol–water partition coefficient (Wildman–Crippen LogP) is 3.46. The summed E-state index contributed by atoms with van der Waals surface area (Å²) in [4.78, 5) is 0. The molecule has 18 heavy (non-hydrogen) atoms. The van der Waals surface area contributed by atoms with Gasteiger partial charge in [-0.15, -0.1) is 0 Å². The van der Waals surface area contributed by atoms with E-state index in [-0.39, 0.29) is 5.54 Å². The van der Waals surface area contributed by atoms with Gasteiger partial charge in [0.2, 0.25) is 0 Å². The van der Waals surface area contributed by atoms with Crippen molar-refractivity contribution >= 4 is 15.9 Å². The van der Waals surface area contributed by atoms with E-state index < -0.39 is 0 Å². The van der Waals surface area contributed by atoms with Crippen LogP contribution in [0.25, 0.3) is 0 Å². The molecule has 1 atom stereocenters. The molecule has 0 aromatic heterocycles. The van der Waals surface area contributed by atoms with Crippen molar-refractivity contribution in [2.45, 2.75) is 32.2 Å². The third kappa shape index (κ3) is 2.36. The highest BCUT2D eigenvalue weighted by Crippen LogP contribution is 2.45. The largest absolute Gasteiger partial charge is 0.493 e. The van der Waals surface area contributed by atoms with Gasteiger partial charge in [0.15, 0.2) is 11.5 Å². The second-order valence-corrected chi connectivity index (χ2v) is 5.60. The Morgan fingerprint density at radius 1 is 1.44 bits per heavy atom. The van der Waals surface area contributed by atoms with E-state index in [0.29, 0.717) is 6.61 Å². The topological polar surface area (TPSA) is 30.5 Å². The van der Waals surface area contributed by atoms with E-state index in [0.717, 1.165) is 28.9 Å². The average Bonchev–Trinajstić information content (AvgIpc) is 2.77. The number of benzene rings is 1. The van der Waals surface area contributed by atoms with E-state index in [9.17, 15) is 0 Å². The third-order valence-corrected chi connectivity index (χ3v) is 4.16. The Labute approximate surface area is 117 Å². The number of ether oxygens (including phenoxy) is 2. The Morgan fingerprint density at radius 2 is 2.22 bits per heavy atom. The van der Waals surface area contributed by atoms with Crippen molar-refractivity contribution in [1.29, 1.82) is 0 Å². The summed E-state index contributed by atoms with van der Waals surface area (Å²) in [5, 5.41) is 3.57. The molecule has 1 heterocycles. The molecule has 4 heteroatoms. The molecule has 1 aromatic carbocycles. The molecule has 100 valence electrons. The maximum Gasteiger partial charge on any atom is 0.167 e. The fraction of sp³-hybridized carbons (Fsp3) is 0.571. The zero-order chi connectivity index (χ0) is 13.2. The summed E-state index contributed by atoms with van der Waals surface area (Å²) in [6, 6.07) is 3.97. The fourth-order valence-corrected chi connectivity index (χ4v) is 3.36. The van der Waals surface area contributed by atoms with E-state index in [1.807, 2.05) is 19.1 Å². The third-order valence-electron chi connectivity index (χ3n) is 3.50. The van der Waals surface area contributed by atoms with Crippen LogP contribution < -0.4 is 14.8 Å². The van der Waals surface area contributed by atoms with Gasteiger partial charge in [-0.05, 0) is 45.4 Å². The lowest BCUT2D eigenvalue weighted by atomic mass is 9.89. The van der Waals surface area contributed by atoms with Crippen molar-refractivity contribution < 1.29 is 9.47 Å². The second kappa shape index (κ2) is 5.49. The van der Waals surface area contributed by atoms with Crippen LogP contribution in [0, 0.1) is 0 Å². The fourth-order valence-electron chi connectivity index (χ4n) is 2.61. The van der Waals surface area contributed by atoms with Crippen molar-refractivity contribution in [1.82, 2.24) is 5.32 Å². The minimum Gasteiger partial charge on any atom is -0.493 e. The van der Waals surface area contributed by atoms with E-state index >= 15 is 0 Å². The molecule has 0 aliphatic carbocycles. The van der Waals surface area contributed by atoms with E-state index in [2.05, 4.69) is 28.2 Å². The number of rotatable bonds is 4. The van der Waals surface area contributed by atoms with Crippen LogP contribution in [0.1, 0.15) is 32.3 Å². The summed E-state index contributed by atoms with van der Waals surface area (Å²) in [5.74, 6) is 1.65. The van der Waals surface area contributed by atoms with Crippen LogP contribution in [-0.4, -0.2) is 20.3 Å². The first-order valence-corrected chi connectivity index (χ1v) is 7.16. The summed E-state index contributed by atoms with van der Waals surface area (Å²) < 4.78 is 12.3. The lowest BCUT2D eigenvalue weighted by Crippen LogP contribution is -2.34. The van der Waals surface area contributed by atoms with Crippen molar-refractivity contribution in [3.63, 3.8) is 0 Å². The molecule has 0 bridgehead atoms. The van der Waals surface area contributed by atoms with Gasteiger partial charge in [0.25, 0.3) is 0 Å². The Bertz CT molecular complexity index is 428. The molecule has 0 spiro atoms. The van der Waals surface area contributed by atoms with E-state index in [4.69, 9.17) is 9.47 Å². The highest BCUT2D eigenvalue weighted by Gasteiger charge is 2.35. The van der Waals surface area contributed by atoms with Crippen LogP contribution in [0.3, 0.4) is 0 Å². The monoisotopic (exact) mass is 313 g/mol. The van der Waals surface area contributed by atoms with E-state index in [1.54, 1.807) is 7.11 Å². The molecule has 1 saturated heterocycles. The van der Waals surface area contributed by atoms with Crippen molar-refractivity contribution in [2.75, 3.05) is 20.3 Å². The normalized spacial score (nSPS) is 23.1. The van der Waals surface area contributed by atoms with Crippen molar-refractivity contribution in [3.05, 3.63) is 22.2 Å². The molecule has 1 aliphatic rings. The Balaban J connectivity index is 2.55. The van der Waals surface area contributed by atoms with Gasteiger partial charge in [0.1, 0.15) is 0 Å². The predicted molar refractivity (Wildman–Crippen MR) is 76.5 cm³/mol. The van der Waals surface area contributed by atoms with Gasteiger partial charge in [-0.3, -0.25) is 0 Å². The number of nitrogens with one attached hydrogen (secondary N) is 1. The van der Waals surface area contributed by atoms with Crippen LogP contribution in [0.5, 0.6) is 11.5 Å². The first-order valence-electron chi connectivity index (χ1n) is 6.37. The molecule has 0 radical (unpaired) electrons. The highest BCUT2D eigenvalue weighted by molar-refractivity contribution is 9.10. The Morgan fingerprint density at radius 3 is 2.78 bits per heavy atom. The van der Waals surface area contributed by atoms with Gasteiger partial charge in [0, 0.05) is 15.6 Å². The van der Waals surface area contributed by atoms with Crippen LogP contribution in [0.4, 0.5) is 0 Å². The maximum atomic E-state index is 5.82. The summed E-state index contributed by atoms with van der Waals surface area (Å²) in [7, 11) is 1.68. The van der Waals surface area contributed by atoms with Crippen molar-refractivity contribution in [2.24, 2.45) is 0 Å².